The summed E-state index contributed by atoms with van der Waals surface area (Å²) in [6, 6.07) is 19.2. The van der Waals surface area contributed by atoms with Crippen LogP contribution in [0.2, 0.25) is 0 Å². The van der Waals surface area contributed by atoms with Crippen molar-refractivity contribution >= 4 is 17.5 Å². The minimum Gasteiger partial charge on any atom is -0.342 e. The second-order valence-electron chi connectivity index (χ2n) is 7.49. The van der Waals surface area contributed by atoms with E-state index in [9.17, 15) is 9.59 Å². The molecule has 1 aliphatic rings. The van der Waals surface area contributed by atoms with Crippen molar-refractivity contribution < 1.29 is 9.59 Å². The van der Waals surface area contributed by atoms with Gasteiger partial charge in [0.15, 0.2) is 0 Å². The van der Waals surface area contributed by atoms with Crippen LogP contribution in [0.5, 0.6) is 0 Å². The number of hydrazone groups is 1. The summed E-state index contributed by atoms with van der Waals surface area (Å²) in [5.74, 6) is 0.397. The number of aryl methyl sites for hydroxylation is 1. The number of nitrogens with one attached hydrogen (secondary N) is 1. The van der Waals surface area contributed by atoms with E-state index in [2.05, 4.69) is 15.4 Å². The molecule has 1 N–H and O–H groups in total. The van der Waals surface area contributed by atoms with Crippen LogP contribution in [0.25, 0.3) is 0 Å². The molecule has 1 aromatic heterocycles. The van der Waals surface area contributed by atoms with E-state index in [4.69, 9.17) is 0 Å². The highest BCUT2D eigenvalue weighted by Gasteiger charge is 2.24. The summed E-state index contributed by atoms with van der Waals surface area (Å²) < 4.78 is 1.88. The molecule has 0 fully saturated rings. The Hall–Kier alpha value is -3.74. The third-order valence-corrected chi connectivity index (χ3v) is 5.32. The SMILES string of the molecule is Cn1ccnc1[C@@H](NC(=O)CCC(=O)N1CCC(c2ccccc2)=N1)c1ccccc1. The number of amides is 2. The Morgan fingerprint density at radius 3 is 2.42 bits per heavy atom. The van der Waals surface area contributed by atoms with Gasteiger partial charge in [0.05, 0.1) is 12.3 Å². The fourth-order valence-electron chi connectivity index (χ4n) is 3.65. The predicted molar refractivity (Wildman–Crippen MR) is 118 cm³/mol. The quantitative estimate of drug-likeness (QED) is 0.644. The van der Waals surface area contributed by atoms with Crippen LogP contribution >= 0.6 is 0 Å². The van der Waals surface area contributed by atoms with Gasteiger partial charge >= 0.3 is 0 Å². The molecule has 2 amide bonds. The Labute approximate surface area is 181 Å². The lowest BCUT2D eigenvalue weighted by molar-refractivity contribution is -0.133. The summed E-state index contributed by atoms with van der Waals surface area (Å²) in [7, 11) is 1.89. The van der Waals surface area contributed by atoms with Crippen LogP contribution in [-0.2, 0) is 16.6 Å². The molecule has 0 unspecified atom stereocenters. The van der Waals surface area contributed by atoms with E-state index >= 15 is 0 Å². The van der Waals surface area contributed by atoms with E-state index in [1.165, 1.54) is 5.01 Å². The maximum Gasteiger partial charge on any atom is 0.243 e. The fraction of sp³-hybridized carbons (Fsp3) is 0.250. The number of carbonyl (C=O) groups is 2. The van der Waals surface area contributed by atoms with Crippen molar-refractivity contribution in [2.45, 2.75) is 25.3 Å². The first-order chi connectivity index (χ1) is 15.1. The molecular formula is C24H25N5O2. The number of imidazole rings is 1. The molecule has 2 aromatic carbocycles. The van der Waals surface area contributed by atoms with Gasteiger partial charge in [0.2, 0.25) is 11.8 Å². The van der Waals surface area contributed by atoms with Crippen molar-refractivity contribution in [3.05, 3.63) is 90.0 Å². The van der Waals surface area contributed by atoms with E-state index in [0.29, 0.717) is 6.54 Å². The average molecular weight is 415 g/mol. The summed E-state index contributed by atoms with van der Waals surface area (Å²) >= 11 is 0. The molecule has 7 heteroatoms. The van der Waals surface area contributed by atoms with Crippen LogP contribution in [0.15, 0.2) is 78.2 Å². The molecule has 0 saturated carbocycles. The van der Waals surface area contributed by atoms with Gasteiger partial charge in [-0.1, -0.05) is 60.7 Å². The van der Waals surface area contributed by atoms with Crippen LogP contribution < -0.4 is 5.32 Å². The lowest BCUT2D eigenvalue weighted by atomic mass is 10.1. The second-order valence-corrected chi connectivity index (χ2v) is 7.49. The van der Waals surface area contributed by atoms with Crippen LogP contribution in [-0.4, -0.2) is 38.6 Å². The maximum absolute atomic E-state index is 12.7. The highest BCUT2D eigenvalue weighted by Crippen LogP contribution is 2.21. The Bertz CT molecular complexity index is 1080. The van der Waals surface area contributed by atoms with Gasteiger partial charge in [-0.3, -0.25) is 9.59 Å². The Kier molecular flexibility index (Phi) is 6.21. The number of hydrogen-bond acceptors (Lipinski definition) is 4. The number of nitrogens with zero attached hydrogens (tertiary/aromatic N) is 4. The first-order valence-corrected chi connectivity index (χ1v) is 10.4. The summed E-state index contributed by atoms with van der Waals surface area (Å²) in [4.78, 5) is 29.7. The predicted octanol–water partition coefficient (Wildman–Crippen LogP) is 3.04. The second kappa shape index (κ2) is 9.38. The molecule has 4 rings (SSSR count). The minimum absolute atomic E-state index is 0.0965. The van der Waals surface area contributed by atoms with Crippen molar-refractivity contribution in [1.82, 2.24) is 19.9 Å². The topological polar surface area (TPSA) is 79.6 Å². The highest BCUT2D eigenvalue weighted by molar-refractivity contribution is 6.02. The largest absolute Gasteiger partial charge is 0.342 e. The van der Waals surface area contributed by atoms with Gasteiger partial charge in [0.25, 0.3) is 0 Å². The summed E-state index contributed by atoms with van der Waals surface area (Å²) in [6.07, 6.45) is 4.48. The summed E-state index contributed by atoms with van der Waals surface area (Å²) in [5.41, 5.74) is 2.86. The molecule has 3 aromatic rings. The molecule has 0 bridgehead atoms. The number of rotatable bonds is 7. The van der Waals surface area contributed by atoms with Gasteiger partial charge in [-0.15, -0.1) is 0 Å². The highest BCUT2D eigenvalue weighted by atomic mass is 16.2. The summed E-state index contributed by atoms with van der Waals surface area (Å²) in [6.45, 7) is 0.546. The van der Waals surface area contributed by atoms with Crippen molar-refractivity contribution in [2.75, 3.05) is 6.54 Å². The Balaban J connectivity index is 1.37. The van der Waals surface area contributed by atoms with Crippen molar-refractivity contribution in [1.29, 1.82) is 0 Å². The van der Waals surface area contributed by atoms with Gasteiger partial charge in [-0.2, -0.15) is 5.10 Å². The van der Waals surface area contributed by atoms with Crippen molar-refractivity contribution in [3.8, 4) is 0 Å². The normalized spacial score (nSPS) is 14.2. The van der Waals surface area contributed by atoms with Crippen molar-refractivity contribution in [3.63, 3.8) is 0 Å². The van der Waals surface area contributed by atoms with Crippen LogP contribution in [0.4, 0.5) is 0 Å². The van der Waals surface area contributed by atoms with E-state index in [-0.39, 0.29) is 30.7 Å². The van der Waals surface area contributed by atoms with E-state index < -0.39 is 0 Å². The molecule has 0 spiro atoms. The van der Waals surface area contributed by atoms with Gasteiger partial charge in [0, 0.05) is 38.7 Å². The Morgan fingerprint density at radius 1 is 1.03 bits per heavy atom. The minimum atomic E-state index is -0.377. The van der Waals surface area contributed by atoms with Gasteiger partial charge in [0.1, 0.15) is 11.9 Å². The van der Waals surface area contributed by atoms with Gasteiger partial charge in [-0.05, 0) is 11.1 Å². The fourth-order valence-corrected chi connectivity index (χ4v) is 3.65. The number of carbonyl (C=O) groups excluding carboxylic acids is 2. The molecule has 1 atom stereocenters. The van der Waals surface area contributed by atoms with Gasteiger partial charge in [-0.25, -0.2) is 9.99 Å². The molecule has 7 nitrogen and oxygen atoms in total. The lowest BCUT2D eigenvalue weighted by Gasteiger charge is -2.19. The number of benzene rings is 2. The Morgan fingerprint density at radius 2 is 1.74 bits per heavy atom. The molecule has 2 heterocycles. The monoisotopic (exact) mass is 415 g/mol. The first-order valence-electron chi connectivity index (χ1n) is 10.4. The van der Waals surface area contributed by atoms with Gasteiger partial charge < -0.3 is 9.88 Å². The zero-order valence-corrected chi connectivity index (χ0v) is 17.4. The summed E-state index contributed by atoms with van der Waals surface area (Å²) in [5, 5.41) is 8.96. The molecule has 158 valence electrons. The molecule has 0 aliphatic carbocycles. The van der Waals surface area contributed by atoms with Crippen molar-refractivity contribution in [2.24, 2.45) is 12.1 Å². The van der Waals surface area contributed by atoms with E-state index in [1.54, 1.807) is 6.20 Å². The van der Waals surface area contributed by atoms with E-state index in [0.717, 1.165) is 29.1 Å². The molecule has 0 saturated heterocycles. The van der Waals surface area contributed by atoms with Crippen LogP contribution in [0.1, 0.15) is 42.3 Å². The standard InChI is InChI=1S/C24H25N5O2/c1-28-17-15-25-24(28)23(19-10-6-3-7-11-19)26-21(30)12-13-22(31)29-16-14-20(27-29)18-8-4-2-5-9-18/h2-11,15,17,23H,12-14,16H2,1H3,(H,26,30)/t23-/m0/s1. The van der Waals surface area contributed by atoms with Crippen LogP contribution in [0, 0.1) is 0 Å². The molecular weight excluding hydrogens is 390 g/mol. The molecule has 0 radical (unpaired) electrons. The lowest BCUT2D eigenvalue weighted by Crippen LogP contribution is -2.32. The average Bonchev–Trinajstić information content (AvgIpc) is 3.46. The van der Waals surface area contributed by atoms with E-state index in [1.807, 2.05) is 78.5 Å². The molecule has 1 aliphatic heterocycles. The zero-order chi connectivity index (χ0) is 21.6. The maximum atomic E-state index is 12.7. The third-order valence-electron chi connectivity index (χ3n) is 5.32. The first kappa shape index (κ1) is 20.5. The smallest absolute Gasteiger partial charge is 0.243 e. The molecule has 31 heavy (non-hydrogen) atoms. The van der Waals surface area contributed by atoms with Crippen LogP contribution in [0.3, 0.4) is 0 Å². The number of aromatic nitrogens is 2. The zero-order valence-electron chi connectivity index (χ0n) is 17.4. The third kappa shape index (κ3) is 4.88. The number of hydrogen-bond donors (Lipinski definition) is 1.